The Labute approximate surface area is 109 Å². The first kappa shape index (κ1) is 14.6. The zero-order valence-electron chi connectivity index (χ0n) is 11.6. The Kier molecular flexibility index (Phi) is 5.28. The van der Waals surface area contributed by atoms with E-state index in [1.165, 1.54) is 0 Å². The third-order valence-electron chi connectivity index (χ3n) is 3.10. The number of hydrogen-bond donors (Lipinski definition) is 1. The van der Waals surface area contributed by atoms with Crippen LogP contribution in [0.3, 0.4) is 0 Å². The van der Waals surface area contributed by atoms with E-state index in [4.69, 9.17) is 0 Å². The molecule has 18 heavy (non-hydrogen) atoms. The van der Waals surface area contributed by atoms with Gasteiger partial charge in [0.25, 0.3) is 5.69 Å². The molecule has 0 aliphatic rings. The van der Waals surface area contributed by atoms with Gasteiger partial charge in [-0.2, -0.15) is 0 Å². The fraction of sp³-hybridized carbons (Fsp3) is 0.571. The molecule has 0 heterocycles. The minimum absolute atomic E-state index is 0.198. The Bertz CT molecular complexity index is 416. The summed E-state index contributed by atoms with van der Waals surface area (Å²) in [5, 5.41) is 14.1. The van der Waals surface area contributed by atoms with Crippen molar-refractivity contribution < 1.29 is 4.92 Å². The number of benzene rings is 1. The van der Waals surface area contributed by atoms with Crippen molar-refractivity contribution in [3.8, 4) is 0 Å². The molecule has 0 aliphatic heterocycles. The van der Waals surface area contributed by atoms with Crippen LogP contribution < -0.4 is 5.32 Å². The molecule has 1 N–H and O–H groups in total. The second kappa shape index (κ2) is 6.50. The van der Waals surface area contributed by atoms with Gasteiger partial charge in [-0.05, 0) is 44.4 Å². The maximum absolute atomic E-state index is 10.8. The van der Waals surface area contributed by atoms with Gasteiger partial charge in [0, 0.05) is 17.7 Å². The Morgan fingerprint density at radius 3 is 2.50 bits per heavy atom. The van der Waals surface area contributed by atoms with Gasteiger partial charge in [-0.1, -0.05) is 19.9 Å². The normalized spacial score (nSPS) is 12.7. The molecule has 4 nitrogen and oxygen atoms in total. The second-order valence-electron chi connectivity index (χ2n) is 5.20. The van der Waals surface area contributed by atoms with E-state index in [1.807, 2.05) is 19.2 Å². The summed E-state index contributed by atoms with van der Waals surface area (Å²) < 4.78 is 0. The molecule has 4 heteroatoms. The van der Waals surface area contributed by atoms with E-state index in [1.54, 1.807) is 13.0 Å². The Balaban J connectivity index is 2.78. The molecular formula is C14H22N2O2. The van der Waals surface area contributed by atoms with Crippen molar-refractivity contribution in [3.05, 3.63) is 39.4 Å². The van der Waals surface area contributed by atoms with Crippen LogP contribution in [-0.2, 0) is 6.42 Å². The largest absolute Gasteiger partial charge is 0.317 e. The Morgan fingerprint density at radius 2 is 2.06 bits per heavy atom. The van der Waals surface area contributed by atoms with Crippen LogP contribution in [0, 0.1) is 23.0 Å². The fourth-order valence-electron chi connectivity index (χ4n) is 2.21. The van der Waals surface area contributed by atoms with E-state index in [-0.39, 0.29) is 10.6 Å². The maximum atomic E-state index is 10.8. The van der Waals surface area contributed by atoms with Gasteiger partial charge in [-0.15, -0.1) is 0 Å². The summed E-state index contributed by atoms with van der Waals surface area (Å²) in [6.45, 7) is 6.19. The summed E-state index contributed by atoms with van der Waals surface area (Å²) in [7, 11) is 1.96. The Morgan fingerprint density at radius 1 is 1.39 bits per heavy atom. The molecule has 0 bridgehead atoms. The highest BCUT2D eigenvalue weighted by Crippen LogP contribution is 2.20. The second-order valence-corrected chi connectivity index (χ2v) is 5.20. The molecular weight excluding hydrogens is 228 g/mol. The monoisotopic (exact) mass is 250 g/mol. The number of aryl methyl sites for hydroxylation is 1. The van der Waals surface area contributed by atoms with E-state index in [0.717, 1.165) is 24.0 Å². The van der Waals surface area contributed by atoms with Gasteiger partial charge >= 0.3 is 0 Å². The number of nitrogens with one attached hydrogen (secondary N) is 1. The number of nitro groups is 1. The first-order valence-electron chi connectivity index (χ1n) is 6.35. The van der Waals surface area contributed by atoms with Crippen LogP contribution in [-0.4, -0.2) is 18.0 Å². The third kappa shape index (κ3) is 4.11. The van der Waals surface area contributed by atoms with Gasteiger partial charge in [0.05, 0.1) is 4.92 Å². The average molecular weight is 250 g/mol. The minimum atomic E-state index is -0.331. The standard InChI is InChI=1S/C14H22N2O2/c1-10(2)7-13(15-4)9-12-5-6-14(16(17)18)11(3)8-12/h5-6,8,10,13,15H,7,9H2,1-4H3. The van der Waals surface area contributed by atoms with Gasteiger partial charge in [-0.3, -0.25) is 10.1 Å². The van der Waals surface area contributed by atoms with Gasteiger partial charge in [0.15, 0.2) is 0 Å². The molecule has 0 radical (unpaired) electrons. The lowest BCUT2D eigenvalue weighted by Crippen LogP contribution is -2.29. The van der Waals surface area contributed by atoms with Crippen LogP contribution in [0.5, 0.6) is 0 Å². The summed E-state index contributed by atoms with van der Waals surface area (Å²) in [5.74, 6) is 0.640. The lowest BCUT2D eigenvalue weighted by atomic mass is 9.96. The third-order valence-corrected chi connectivity index (χ3v) is 3.10. The van der Waals surface area contributed by atoms with Gasteiger partial charge in [-0.25, -0.2) is 0 Å². The fourth-order valence-corrected chi connectivity index (χ4v) is 2.21. The number of nitrogens with zero attached hydrogens (tertiary/aromatic N) is 1. The molecule has 0 aliphatic carbocycles. The van der Waals surface area contributed by atoms with Crippen molar-refractivity contribution in [1.29, 1.82) is 0 Å². The summed E-state index contributed by atoms with van der Waals surface area (Å²) >= 11 is 0. The topological polar surface area (TPSA) is 55.2 Å². The van der Waals surface area contributed by atoms with E-state index in [9.17, 15) is 10.1 Å². The first-order valence-corrected chi connectivity index (χ1v) is 6.35. The van der Waals surface area contributed by atoms with Crippen molar-refractivity contribution in [2.75, 3.05) is 7.05 Å². The highest BCUT2D eigenvalue weighted by atomic mass is 16.6. The van der Waals surface area contributed by atoms with Crippen molar-refractivity contribution in [3.63, 3.8) is 0 Å². The van der Waals surface area contributed by atoms with Gasteiger partial charge in [0.2, 0.25) is 0 Å². The zero-order valence-corrected chi connectivity index (χ0v) is 11.6. The summed E-state index contributed by atoms with van der Waals surface area (Å²) in [6, 6.07) is 5.80. The molecule has 1 aromatic carbocycles. The van der Waals surface area contributed by atoms with Crippen LogP contribution in [0.2, 0.25) is 0 Å². The van der Waals surface area contributed by atoms with Crippen molar-refractivity contribution in [2.24, 2.45) is 5.92 Å². The number of likely N-dealkylation sites (N-methyl/N-ethyl adjacent to an activating group) is 1. The van der Waals surface area contributed by atoms with Gasteiger partial charge < -0.3 is 5.32 Å². The molecule has 1 rings (SSSR count). The number of hydrogen-bond acceptors (Lipinski definition) is 3. The molecule has 0 saturated carbocycles. The summed E-state index contributed by atoms with van der Waals surface area (Å²) in [5.41, 5.74) is 2.08. The highest BCUT2D eigenvalue weighted by molar-refractivity contribution is 5.42. The van der Waals surface area contributed by atoms with Crippen LogP contribution in [0.15, 0.2) is 18.2 Å². The van der Waals surface area contributed by atoms with Crippen molar-refractivity contribution in [1.82, 2.24) is 5.32 Å². The van der Waals surface area contributed by atoms with Crippen LogP contribution in [0.25, 0.3) is 0 Å². The zero-order chi connectivity index (χ0) is 13.7. The molecule has 0 aromatic heterocycles. The van der Waals surface area contributed by atoms with E-state index >= 15 is 0 Å². The minimum Gasteiger partial charge on any atom is -0.317 e. The predicted molar refractivity (Wildman–Crippen MR) is 73.8 cm³/mol. The molecule has 1 aromatic rings. The molecule has 0 fully saturated rings. The molecule has 0 amide bonds. The maximum Gasteiger partial charge on any atom is 0.272 e. The van der Waals surface area contributed by atoms with Crippen LogP contribution in [0.4, 0.5) is 5.69 Å². The van der Waals surface area contributed by atoms with Crippen LogP contribution in [0.1, 0.15) is 31.4 Å². The SMILES string of the molecule is CNC(Cc1ccc([N+](=O)[O-])c(C)c1)CC(C)C. The molecule has 0 saturated heterocycles. The van der Waals surface area contributed by atoms with E-state index in [0.29, 0.717) is 12.0 Å². The molecule has 1 atom stereocenters. The number of rotatable bonds is 6. The predicted octanol–water partition coefficient (Wildman–Crippen LogP) is 3.08. The number of nitro benzene ring substituents is 1. The molecule has 100 valence electrons. The summed E-state index contributed by atoms with van der Waals surface area (Å²) in [4.78, 5) is 10.4. The van der Waals surface area contributed by atoms with Crippen molar-refractivity contribution >= 4 is 5.69 Å². The highest BCUT2D eigenvalue weighted by Gasteiger charge is 2.13. The smallest absolute Gasteiger partial charge is 0.272 e. The summed E-state index contributed by atoms with van der Waals surface area (Å²) in [6.07, 6.45) is 2.01. The van der Waals surface area contributed by atoms with Crippen LogP contribution >= 0.6 is 0 Å². The van der Waals surface area contributed by atoms with Crippen molar-refractivity contribution in [2.45, 2.75) is 39.7 Å². The first-order chi connectivity index (χ1) is 8.43. The lowest BCUT2D eigenvalue weighted by Gasteiger charge is -2.18. The molecule has 1 unspecified atom stereocenters. The van der Waals surface area contributed by atoms with Gasteiger partial charge in [0.1, 0.15) is 0 Å². The van der Waals surface area contributed by atoms with E-state index < -0.39 is 0 Å². The molecule has 0 spiro atoms. The van der Waals surface area contributed by atoms with E-state index in [2.05, 4.69) is 19.2 Å². The average Bonchev–Trinajstić information content (AvgIpc) is 2.27. The quantitative estimate of drug-likeness (QED) is 0.623. The lowest BCUT2D eigenvalue weighted by molar-refractivity contribution is -0.385. The Hall–Kier alpha value is -1.42.